The van der Waals surface area contributed by atoms with Crippen molar-refractivity contribution >= 4 is 17.5 Å². The molecule has 1 saturated heterocycles. The summed E-state index contributed by atoms with van der Waals surface area (Å²) in [4.78, 5) is 18.9. The first-order valence-corrected chi connectivity index (χ1v) is 12.9. The number of carbonyl (C=O) groups is 1. The second kappa shape index (κ2) is 12.1. The molecular formula is C28H37N5O3. The minimum atomic E-state index is -0.473. The summed E-state index contributed by atoms with van der Waals surface area (Å²) >= 11 is 0. The van der Waals surface area contributed by atoms with Gasteiger partial charge in [-0.2, -0.15) is 5.26 Å². The Labute approximate surface area is 214 Å². The molecule has 2 aliphatic rings. The van der Waals surface area contributed by atoms with Gasteiger partial charge in [0.1, 0.15) is 5.75 Å². The van der Waals surface area contributed by atoms with Crippen molar-refractivity contribution in [2.24, 2.45) is 0 Å². The van der Waals surface area contributed by atoms with E-state index >= 15 is 0 Å². The van der Waals surface area contributed by atoms with Crippen molar-refractivity contribution in [3.8, 4) is 11.8 Å². The Kier molecular flexibility index (Phi) is 8.68. The standard InChI is InChI=1S/C28H37N5O3/c1-4-33-26-19-23(36-18-6-13-32-16-14-31(3)15-17-32)11-12-24(26)25(20-29)27(33)21-7-9-22(10-8-21)30-28(34)35-5-2/h7-12,19,25,27H,4-6,13-18H2,1-3H3,(H,30,34). The number of piperazine rings is 1. The molecule has 4 rings (SSSR count). The number of rotatable bonds is 9. The van der Waals surface area contributed by atoms with Crippen molar-refractivity contribution in [2.75, 3.05) is 69.7 Å². The molecule has 0 aromatic heterocycles. The first kappa shape index (κ1) is 25.8. The van der Waals surface area contributed by atoms with Gasteiger partial charge >= 0.3 is 6.09 Å². The third-order valence-corrected chi connectivity index (χ3v) is 7.04. The molecule has 2 atom stereocenters. The van der Waals surface area contributed by atoms with Crippen LogP contribution >= 0.6 is 0 Å². The highest BCUT2D eigenvalue weighted by molar-refractivity contribution is 5.84. The zero-order valence-corrected chi connectivity index (χ0v) is 21.6. The number of anilines is 2. The molecule has 2 aromatic rings. The lowest BCUT2D eigenvalue weighted by Crippen LogP contribution is -2.44. The molecule has 192 valence electrons. The molecule has 0 saturated carbocycles. The fourth-order valence-electron chi connectivity index (χ4n) is 5.10. The number of nitriles is 1. The zero-order chi connectivity index (χ0) is 25.5. The molecule has 0 bridgehead atoms. The van der Waals surface area contributed by atoms with Gasteiger partial charge in [-0.1, -0.05) is 18.2 Å². The SMILES string of the molecule is CCOC(=O)Nc1ccc(C2C(C#N)c3ccc(OCCCN4CCN(C)CC4)cc3N2CC)cc1. The largest absolute Gasteiger partial charge is 0.493 e. The number of hydrogen-bond donors (Lipinski definition) is 1. The number of hydrogen-bond acceptors (Lipinski definition) is 7. The summed E-state index contributed by atoms with van der Waals surface area (Å²) in [5, 5.41) is 12.8. The number of nitrogens with one attached hydrogen (secondary N) is 1. The number of fused-ring (bicyclic) bond motifs is 1. The van der Waals surface area contributed by atoms with Gasteiger partial charge in [0.05, 0.1) is 31.2 Å². The second-order valence-electron chi connectivity index (χ2n) is 9.37. The van der Waals surface area contributed by atoms with Crippen LogP contribution in [0.1, 0.15) is 43.4 Å². The van der Waals surface area contributed by atoms with Crippen molar-refractivity contribution < 1.29 is 14.3 Å². The lowest BCUT2D eigenvalue weighted by Gasteiger charge is -2.32. The van der Waals surface area contributed by atoms with Gasteiger partial charge in [0.25, 0.3) is 0 Å². The molecule has 0 spiro atoms. The van der Waals surface area contributed by atoms with Crippen LogP contribution in [0.5, 0.6) is 5.75 Å². The molecule has 8 heteroatoms. The summed E-state index contributed by atoms with van der Waals surface area (Å²) in [6.45, 7) is 11.2. The molecule has 1 fully saturated rings. The summed E-state index contributed by atoms with van der Waals surface area (Å²) in [6.07, 6.45) is 0.521. The summed E-state index contributed by atoms with van der Waals surface area (Å²) < 4.78 is 11.1. The predicted molar refractivity (Wildman–Crippen MR) is 142 cm³/mol. The highest BCUT2D eigenvalue weighted by Crippen LogP contribution is 2.49. The Morgan fingerprint density at radius 2 is 1.86 bits per heavy atom. The monoisotopic (exact) mass is 491 g/mol. The smallest absolute Gasteiger partial charge is 0.411 e. The average molecular weight is 492 g/mol. The van der Waals surface area contributed by atoms with Crippen LogP contribution in [0.3, 0.4) is 0 Å². The summed E-state index contributed by atoms with van der Waals surface area (Å²) in [5.41, 5.74) is 3.78. The van der Waals surface area contributed by atoms with E-state index in [9.17, 15) is 10.1 Å². The van der Waals surface area contributed by atoms with Crippen molar-refractivity contribution in [1.82, 2.24) is 9.80 Å². The van der Waals surface area contributed by atoms with Crippen LogP contribution in [0.2, 0.25) is 0 Å². The zero-order valence-electron chi connectivity index (χ0n) is 21.6. The van der Waals surface area contributed by atoms with E-state index in [1.807, 2.05) is 36.4 Å². The molecule has 1 N–H and O–H groups in total. The fourth-order valence-corrected chi connectivity index (χ4v) is 5.10. The highest BCUT2D eigenvalue weighted by Gasteiger charge is 2.39. The van der Waals surface area contributed by atoms with E-state index < -0.39 is 6.09 Å². The van der Waals surface area contributed by atoms with Gasteiger partial charge in [-0.15, -0.1) is 0 Å². The van der Waals surface area contributed by atoms with E-state index in [2.05, 4.69) is 46.1 Å². The highest BCUT2D eigenvalue weighted by atomic mass is 16.5. The lowest BCUT2D eigenvalue weighted by atomic mass is 9.91. The third-order valence-electron chi connectivity index (χ3n) is 7.04. The van der Waals surface area contributed by atoms with E-state index in [4.69, 9.17) is 9.47 Å². The van der Waals surface area contributed by atoms with Crippen molar-refractivity contribution in [3.63, 3.8) is 0 Å². The number of ether oxygens (including phenoxy) is 2. The lowest BCUT2D eigenvalue weighted by molar-refractivity contribution is 0.145. The molecule has 8 nitrogen and oxygen atoms in total. The van der Waals surface area contributed by atoms with Gasteiger partial charge in [0.15, 0.2) is 0 Å². The number of amides is 1. The van der Waals surface area contributed by atoms with Crippen LogP contribution in [0, 0.1) is 11.3 Å². The Morgan fingerprint density at radius 3 is 2.53 bits per heavy atom. The molecule has 0 aliphatic carbocycles. The topological polar surface area (TPSA) is 81.1 Å². The van der Waals surface area contributed by atoms with Gasteiger partial charge in [-0.3, -0.25) is 5.32 Å². The van der Waals surface area contributed by atoms with Gasteiger partial charge in [-0.05, 0) is 56.6 Å². The number of likely N-dealkylation sites (N-methyl/N-ethyl adjacent to an activating group) is 2. The molecule has 2 unspecified atom stereocenters. The van der Waals surface area contributed by atoms with Crippen molar-refractivity contribution in [1.29, 1.82) is 5.26 Å². The predicted octanol–water partition coefficient (Wildman–Crippen LogP) is 4.46. The molecule has 2 aliphatic heterocycles. The van der Waals surface area contributed by atoms with Crippen LogP contribution in [-0.4, -0.2) is 75.4 Å². The van der Waals surface area contributed by atoms with Gasteiger partial charge in [0.2, 0.25) is 0 Å². The average Bonchev–Trinajstić information content (AvgIpc) is 3.21. The van der Waals surface area contributed by atoms with E-state index in [1.54, 1.807) is 6.92 Å². The Balaban J connectivity index is 1.41. The summed E-state index contributed by atoms with van der Waals surface area (Å²) in [5.74, 6) is 0.562. The molecule has 36 heavy (non-hydrogen) atoms. The van der Waals surface area contributed by atoms with E-state index in [1.165, 1.54) is 0 Å². The van der Waals surface area contributed by atoms with Crippen LogP contribution in [0.25, 0.3) is 0 Å². The van der Waals surface area contributed by atoms with Crippen LogP contribution in [0.15, 0.2) is 42.5 Å². The summed E-state index contributed by atoms with van der Waals surface area (Å²) in [6, 6.07) is 16.2. The minimum Gasteiger partial charge on any atom is -0.493 e. The maximum Gasteiger partial charge on any atom is 0.411 e. The maximum absolute atomic E-state index is 11.7. The maximum atomic E-state index is 11.7. The molecular weight excluding hydrogens is 454 g/mol. The van der Waals surface area contributed by atoms with E-state index in [0.717, 1.165) is 68.3 Å². The first-order chi connectivity index (χ1) is 17.5. The van der Waals surface area contributed by atoms with Gasteiger partial charge in [0, 0.05) is 56.7 Å². The fraction of sp³-hybridized carbons (Fsp3) is 0.500. The second-order valence-corrected chi connectivity index (χ2v) is 9.37. The molecule has 2 heterocycles. The Morgan fingerprint density at radius 1 is 1.11 bits per heavy atom. The van der Waals surface area contributed by atoms with E-state index in [0.29, 0.717) is 18.9 Å². The van der Waals surface area contributed by atoms with Crippen LogP contribution in [-0.2, 0) is 4.74 Å². The van der Waals surface area contributed by atoms with Crippen molar-refractivity contribution in [3.05, 3.63) is 53.6 Å². The molecule has 1 amide bonds. The van der Waals surface area contributed by atoms with Crippen molar-refractivity contribution in [2.45, 2.75) is 32.2 Å². The van der Waals surface area contributed by atoms with Gasteiger partial charge < -0.3 is 24.2 Å². The molecule has 2 aromatic carbocycles. The first-order valence-electron chi connectivity index (χ1n) is 12.9. The number of carbonyl (C=O) groups excluding carboxylic acids is 1. The number of nitrogens with zero attached hydrogens (tertiary/aromatic N) is 4. The normalized spacial score (nSPS) is 20.0. The van der Waals surface area contributed by atoms with Crippen LogP contribution < -0.4 is 15.0 Å². The number of benzene rings is 2. The minimum absolute atomic E-state index is 0.0980. The Bertz CT molecular complexity index is 1060. The quantitative estimate of drug-likeness (QED) is 0.519. The van der Waals surface area contributed by atoms with E-state index in [-0.39, 0.29) is 12.0 Å². The third kappa shape index (κ3) is 5.92. The molecule has 0 radical (unpaired) electrons. The van der Waals surface area contributed by atoms with Gasteiger partial charge in [-0.25, -0.2) is 4.79 Å². The Hall–Kier alpha value is -3.28. The van der Waals surface area contributed by atoms with Crippen LogP contribution in [0.4, 0.5) is 16.2 Å². The summed E-state index contributed by atoms with van der Waals surface area (Å²) in [7, 11) is 2.17.